The van der Waals surface area contributed by atoms with Gasteiger partial charge < -0.3 is 15.3 Å². The first kappa shape index (κ1) is 19.0. The summed E-state index contributed by atoms with van der Waals surface area (Å²) in [6, 6.07) is -0.00278. The summed E-state index contributed by atoms with van der Waals surface area (Å²) in [5.41, 5.74) is -1.88. The summed E-state index contributed by atoms with van der Waals surface area (Å²) in [5, 5.41) is 28.5. The molecule has 1 fully saturated rings. The third-order valence-electron chi connectivity index (χ3n) is 4.22. The molecule has 1 aliphatic rings. The van der Waals surface area contributed by atoms with E-state index >= 15 is 0 Å². The highest BCUT2D eigenvalue weighted by Gasteiger charge is 2.34. The number of halogens is 5. The Labute approximate surface area is 135 Å². The van der Waals surface area contributed by atoms with Crippen LogP contribution in [0.3, 0.4) is 0 Å². The predicted octanol–water partition coefficient (Wildman–Crippen LogP) is 1.31. The van der Waals surface area contributed by atoms with Crippen LogP contribution >= 0.6 is 0 Å². The SMILES string of the molecule is OC[C@H]1CC(O)[C@@H](O)CN1CCc1c(F)cc(C(F)(F)F)cc1F. The van der Waals surface area contributed by atoms with E-state index in [2.05, 4.69) is 0 Å². The number of benzene rings is 1. The van der Waals surface area contributed by atoms with Crippen LogP contribution in [0.5, 0.6) is 0 Å². The number of hydrogen-bond acceptors (Lipinski definition) is 4. The molecule has 1 heterocycles. The van der Waals surface area contributed by atoms with Crippen molar-refractivity contribution in [1.82, 2.24) is 4.90 Å². The van der Waals surface area contributed by atoms with Gasteiger partial charge in [0.15, 0.2) is 0 Å². The second-order valence-corrected chi connectivity index (χ2v) is 5.87. The summed E-state index contributed by atoms with van der Waals surface area (Å²) in [4.78, 5) is 1.55. The van der Waals surface area contributed by atoms with Crippen LogP contribution in [0.25, 0.3) is 0 Å². The van der Waals surface area contributed by atoms with Crippen molar-refractivity contribution in [3.05, 3.63) is 34.9 Å². The summed E-state index contributed by atoms with van der Waals surface area (Å²) >= 11 is 0. The lowest BCUT2D eigenvalue weighted by atomic mass is 9.96. The van der Waals surface area contributed by atoms with Gasteiger partial charge >= 0.3 is 6.18 Å². The molecule has 0 bridgehead atoms. The number of aliphatic hydroxyl groups is 3. The third-order valence-corrected chi connectivity index (χ3v) is 4.22. The zero-order valence-corrected chi connectivity index (χ0v) is 12.6. The van der Waals surface area contributed by atoms with Crippen molar-refractivity contribution < 1.29 is 37.3 Å². The summed E-state index contributed by atoms with van der Waals surface area (Å²) in [7, 11) is 0. The van der Waals surface area contributed by atoms with E-state index in [1.165, 1.54) is 0 Å². The van der Waals surface area contributed by atoms with E-state index in [1.54, 1.807) is 4.90 Å². The molecule has 0 amide bonds. The number of β-amino-alcohol motifs (C(OH)–C–C–N with tert-alkyl or cyclic N) is 1. The minimum atomic E-state index is -4.84. The predicted molar refractivity (Wildman–Crippen MR) is 74.1 cm³/mol. The molecule has 1 unspecified atom stereocenters. The van der Waals surface area contributed by atoms with Crippen molar-refractivity contribution in [1.29, 1.82) is 0 Å². The van der Waals surface area contributed by atoms with Crippen LogP contribution in [-0.4, -0.2) is 58.2 Å². The van der Waals surface area contributed by atoms with E-state index < -0.39 is 47.2 Å². The van der Waals surface area contributed by atoms with Gasteiger partial charge in [0.25, 0.3) is 0 Å². The lowest BCUT2D eigenvalue weighted by Gasteiger charge is -2.39. The summed E-state index contributed by atoms with van der Waals surface area (Å²) in [6.45, 7) is -0.299. The smallest absolute Gasteiger partial charge is 0.395 e. The van der Waals surface area contributed by atoms with Crippen LogP contribution in [0.2, 0.25) is 0 Å². The molecule has 0 aliphatic carbocycles. The largest absolute Gasteiger partial charge is 0.416 e. The van der Waals surface area contributed by atoms with E-state index in [4.69, 9.17) is 0 Å². The summed E-state index contributed by atoms with van der Waals surface area (Å²) in [6.07, 6.45) is -7.03. The summed E-state index contributed by atoms with van der Waals surface area (Å²) in [5.74, 6) is -2.58. The maximum Gasteiger partial charge on any atom is 0.416 e. The lowest BCUT2D eigenvalue weighted by Crippen LogP contribution is -2.54. The van der Waals surface area contributed by atoms with Gasteiger partial charge in [0, 0.05) is 24.7 Å². The monoisotopic (exact) mass is 355 g/mol. The normalized spacial score (nSPS) is 25.9. The number of alkyl halides is 3. The van der Waals surface area contributed by atoms with E-state index in [-0.39, 0.29) is 44.7 Å². The second-order valence-electron chi connectivity index (χ2n) is 5.87. The first-order valence-corrected chi connectivity index (χ1v) is 7.39. The maximum absolute atomic E-state index is 13.8. The third kappa shape index (κ3) is 4.21. The zero-order valence-electron chi connectivity index (χ0n) is 12.6. The Hall–Kier alpha value is -1.29. The molecule has 4 nitrogen and oxygen atoms in total. The molecule has 2 rings (SSSR count). The number of likely N-dealkylation sites (tertiary alicyclic amines) is 1. The average molecular weight is 355 g/mol. The van der Waals surface area contributed by atoms with Crippen molar-refractivity contribution in [2.75, 3.05) is 19.7 Å². The van der Waals surface area contributed by atoms with Gasteiger partial charge in [-0.25, -0.2) is 8.78 Å². The Morgan fingerprint density at radius 1 is 1.08 bits per heavy atom. The Morgan fingerprint density at radius 2 is 1.67 bits per heavy atom. The molecular formula is C15H18F5NO3. The quantitative estimate of drug-likeness (QED) is 0.713. The van der Waals surface area contributed by atoms with Crippen molar-refractivity contribution >= 4 is 0 Å². The number of hydrogen-bond donors (Lipinski definition) is 3. The first-order chi connectivity index (χ1) is 11.1. The Morgan fingerprint density at radius 3 is 2.17 bits per heavy atom. The molecule has 0 spiro atoms. The van der Waals surface area contributed by atoms with Crippen molar-refractivity contribution in [3.63, 3.8) is 0 Å². The van der Waals surface area contributed by atoms with Gasteiger partial charge in [-0.05, 0) is 25.0 Å². The van der Waals surface area contributed by atoms with Gasteiger partial charge in [0.1, 0.15) is 11.6 Å². The fourth-order valence-electron chi connectivity index (χ4n) is 2.82. The van der Waals surface area contributed by atoms with Gasteiger partial charge in [-0.3, -0.25) is 4.90 Å². The molecular weight excluding hydrogens is 337 g/mol. The van der Waals surface area contributed by atoms with Crippen LogP contribution in [0.15, 0.2) is 12.1 Å². The molecule has 9 heteroatoms. The molecule has 1 saturated heterocycles. The van der Waals surface area contributed by atoms with Gasteiger partial charge in [0.05, 0.1) is 24.4 Å². The Balaban J connectivity index is 2.11. The van der Waals surface area contributed by atoms with Crippen LogP contribution in [0, 0.1) is 11.6 Å². The van der Waals surface area contributed by atoms with E-state index in [9.17, 15) is 37.3 Å². The fraction of sp³-hybridized carbons (Fsp3) is 0.600. The van der Waals surface area contributed by atoms with Crippen LogP contribution in [0.4, 0.5) is 22.0 Å². The molecule has 1 aliphatic heterocycles. The molecule has 0 saturated carbocycles. The molecule has 1 aromatic carbocycles. The average Bonchev–Trinajstić information content (AvgIpc) is 2.48. The van der Waals surface area contributed by atoms with E-state index in [0.29, 0.717) is 0 Å². The molecule has 0 radical (unpaired) electrons. The maximum atomic E-state index is 13.8. The van der Waals surface area contributed by atoms with Gasteiger partial charge in [-0.2, -0.15) is 13.2 Å². The van der Waals surface area contributed by atoms with Crippen molar-refractivity contribution in [2.45, 2.75) is 37.3 Å². The molecule has 1 aromatic rings. The highest BCUT2D eigenvalue weighted by Crippen LogP contribution is 2.31. The molecule has 3 atom stereocenters. The van der Waals surface area contributed by atoms with E-state index in [0.717, 1.165) is 0 Å². The van der Waals surface area contributed by atoms with Gasteiger partial charge in [0.2, 0.25) is 0 Å². The van der Waals surface area contributed by atoms with Crippen LogP contribution in [-0.2, 0) is 12.6 Å². The van der Waals surface area contributed by atoms with Crippen LogP contribution < -0.4 is 0 Å². The highest BCUT2D eigenvalue weighted by atomic mass is 19.4. The number of aliphatic hydroxyl groups excluding tert-OH is 3. The topological polar surface area (TPSA) is 63.9 Å². The standard InChI is InChI=1S/C15H18F5NO3/c16-11-3-8(15(18,19)20)4-12(17)10(11)1-2-21-6-14(24)13(23)5-9(21)7-22/h3-4,9,13-14,22-24H,1-2,5-7H2/t9-,13?,14+/m1/s1. The fourth-order valence-corrected chi connectivity index (χ4v) is 2.82. The number of rotatable bonds is 4. The Kier molecular flexibility index (Phi) is 5.79. The van der Waals surface area contributed by atoms with Gasteiger partial charge in [-0.1, -0.05) is 0 Å². The molecule has 0 aromatic heterocycles. The molecule has 3 N–H and O–H groups in total. The van der Waals surface area contributed by atoms with Crippen molar-refractivity contribution in [3.8, 4) is 0 Å². The van der Waals surface area contributed by atoms with E-state index in [1.807, 2.05) is 0 Å². The summed E-state index contributed by atoms with van der Waals surface area (Å²) < 4.78 is 65.2. The number of nitrogens with zero attached hydrogens (tertiary/aromatic N) is 1. The highest BCUT2D eigenvalue weighted by molar-refractivity contribution is 5.28. The molecule has 136 valence electrons. The minimum Gasteiger partial charge on any atom is -0.395 e. The van der Waals surface area contributed by atoms with Crippen molar-refractivity contribution in [2.24, 2.45) is 0 Å². The minimum absolute atomic E-state index is 0.00370. The van der Waals surface area contributed by atoms with Gasteiger partial charge in [-0.15, -0.1) is 0 Å². The molecule has 24 heavy (non-hydrogen) atoms. The number of piperidine rings is 1. The second kappa shape index (κ2) is 7.30. The lowest BCUT2D eigenvalue weighted by molar-refractivity contribution is -0.138. The first-order valence-electron chi connectivity index (χ1n) is 7.39. The van der Waals surface area contributed by atoms with Crippen LogP contribution in [0.1, 0.15) is 17.5 Å². The Bertz CT molecular complexity index is 558. The zero-order chi connectivity index (χ0) is 18.1.